The minimum Gasteiger partial charge on any atom is -0.493 e. The zero-order chi connectivity index (χ0) is 23.1. The van der Waals surface area contributed by atoms with Crippen molar-refractivity contribution in [3.8, 4) is 11.5 Å². The van der Waals surface area contributed by atoms with Crippen LogP contribution >= 0.6 is 11.3 Å². The number of rotatable bonds is 6. The van der Waals surface area contributed by atoms with Crippen molar-refractivity contribution in [2.45, 2.75) is 26.1 Å². The van der Waals surface area contributed by atoms with Gasteiger partial charge in [-0.25, -0.2) is 0 Å². The molecule has 0 saturated carbocycles. The third-order valence-corrected chi connectivity index (χ3v) is 7.85. The fourth-order valence-corrected chi connectivity index (χ4v) is 6.10. The largest absolute Gasteiger partial charge is 0.493 e. The summed E-state index contributed by atoms with van der Waals surface area (Å²) in [6.45, 7) is 3.77. The molecule has 0 unspecified atom stereocenters. The first-order chi connectivity index (χ1) is 16.7. The van der Waals surface area contributed by atoms with E-state index in [1.54, 1.807) is 14.2 Å². The fourth-order valence-electron chi connectivity index (χ4n) is 5.25. The number of aromatic nitrogens is 1. The number of fused-ring (bicyclic) bond motifs is 3. The highest BCUT2D eigenvalue weighted by Crippen LogP contribution is 2.34. The smallest absolute Gasteiger partial charge is 0.161 e. The van der Waals surface area contributed by atoms with Gasteiger partial charge in [-0.15, -0.1) is 11.3 Å². The van der Waals surface area contributed by atoms with Gasteiger partial charge in [-0.2, -0.15) is 0 Å². The van der Waals surface area contributed by atoms with Crippen LogP contribution in [0.2, 0.25) is 0 Å². The van der Waals surface area contributed by atoms with Gasteiger partial charge in [-0.1, -0.05) is 42.5 Å². The second kappa shape index (κ2) is 8.82. The van der Waals surface area contributed by atoms with Gasteiger partial charge in [0.1, 0.15) is 0 Å². The molecule has 3 aromatic carbocycles. The minimum absolute atomic E-state index is 0.808. The van der Waals surface area contributed by atoms with E-state index in [9.17, 15) is 0 Å². The quantitative estimate of drug-likeness (QED) is 0.285. The summed E-state index contributed by atoms with van der Waals surface area (Å²) in [5, 5.41) is 4.83. The topological polar surface area (TPSA) is 26.6 Å². The summed E-state index contributed by atoms with van der Waals surface area (Å²) < 4.78 is 14.9. The van der Waals surface area contributed by atoms with Crippen LogP contribution in [-0.2, 0) is 26.1 Å². The molecule has 0 saturated heterocycles. The van der Waals surface area contributed by atoms with Gasteiger partial charge in [0.2, 0.25) is 0 Å². The van der Waals surface area contributed by atoms with E-state index in [1.165, 1.54) is 43.4 Å². The summed E-state index contributed by atoms with van der Waals surface area (Å²) in [6.07, 6.45) is 1.02. The van der Waals surface area contributed by atoms with Crippen LogP contribution in [0.3, 0.4) is 0 Å². The van der Waals surface area contributed by atoms with E-state index in [-0.39, 0.29) is 0 Å². The number of nitrogens with zero attached hydrogens (tertiary/aromatic N) is 2. The molecule has 2 aromatic heterocycles. The summed E-state index contributed by atoms with van der Waals surface area (Å²) in [6, 6.07) is 24.3. The Bertz CT molecular complexity index is 1480. The molecule has 4 nitrogen and oxygen atoms in total. The van der Waals surface area contributed by atoms with Gasteiger partial charge < -0.3 is 14.0 Å². The maximum absolute atomic E-state index is 5.56. The van der Waals surface area contributed by atoms with Crippen LogP contribution in [0, 0.1) is 0 Å². The van der Waals surface area contributed by atoms with Crippen LogP contribution in [0.25, 0.3) is 21.0 Å². The normalized spacial score (nSPS) is 13.9. The molecule has 1 aliphatic heterocycles. The average molecular weight is 469 g/mol. The van der Waals surface area contributed by atoms with Crippen molar-refractivity contribution in [1.82, 2.24) is 9.47 Å². The first-order valence-electron chi connectivity index (χ1n) is 11.7. The lowest BCUT2D eigenvalue weighted by molar-refractivity contribution is 0.239. The Kier molecular flexibility index (Phi) is 5.52. The third-order valence-electron chi connectivity index (χ3n) is 7.00. The van der Waals surface area contributed by atoms with Gasteiger partial charge >= 0.3 is 0 Å². The van der Waals surface area contributed by atoms with E-state index in [0.29, 0.717) is 0 Å². The van der Waals surface area contributed by atoms with Gasteiger partial charge in [-0.05, 0) is 63.5 Å². The van der Waals surface area contributed by atoms with Crippen molar-refractivity contribution in [1.29, 1.82) is 0 Å². The molecule has 3 heterocycles. The summed E-state index contributed by atoms with van der Waals surface area (Å²) >= 11 is 1.83. The molecule has 34 heavy (non-hydrogen) atoms. The van der Waals surface area contributed by atoms with Crippen LogP contribution in [-0.4, -0.2) is 30.2 Å². The molecule has 0 N–H and O–H groups in total. The second-order valence-electron chi connectivity index (χ2n) is 8.97. The van der Waals surface area contributed by atoms with Crippen LogP contribution in [0.5, 0.6) is 11.5 Å². The lowest BCUT2D eigenvalue weighted by Gasteiger charge is -2.30. The average Bonchev–Trinajstić information content (AvgIpc) is 3.45. The number of benzene rings is 3. The number of hydrogen-bond acceptors (Lipinski definition) is 4. The van der Waals surface area contributed by atoms with Gasteiger partial charge in [0.15, 0.2) is 11.5 Å². The van der Waals surface area contributed by atoms with Gasteiger partial charge in [-0.3, -0.25) is 4.90 Å². The summed E-state index contributed by atoms with van der Waals surface area (Å²) in [5.41, 5.74) is 6.76. The number of methoxy groups -OCH3 is 2. The molecule has 5 heteroatoms. The summed E-state index contributed by atoms with van der Waals surface area (Å²) in [7, 11) is 3.41. The summed E-state index contributed by atoms with van der Waals surface area (Å²) in [5.74, 6) is 1.63. The van der Waals surface area contributed by atoms with Crippen LogP contribution in [0.1, 0.15) is 22.4 Å². The fraction of sp³-hybridized carbons (Fsp3) is 0.241. The number of ether oxygens (including phenoxy) is 2. The van der Waals surface area contributed by atoms with Gasteiger partial charge in [0.25, 0.3) is 0 Å². The monoisotopic (exact) mass is 468 g/mol. The molecule has 0 radical (unpaired) electrons. The third kappa shape index (κ3) is 3.75. The van der Waals surface area contributed by atoms with Crippen molar-refractivity contribution in [2.75, 3.05) is 20.8 Å². The SMILES string of the molecule is COc1cc2c(cc1OC)CN(Cc1cc3sccc3n1Cc1cccc3ccccc13)CC2. The van der Waals surface area contributed by atoms with Gasteiger partial charge in [0, 0.05) is 31.9 Å². The molecule has 0 aliphatic carbocycles. The van der Waals surface area contributed by atoms with E-state index in [0.717, 1.165) is 44.1 Å². The maximum Gasteiger partial charge on any atom is 0.161 e. The van der Waals surface area contributed by atoms with Gasteiger partial charge in [0.05, 0.1) is 24.4 Å². The Morgan fingerprint density at radius 2 is 1.65 bits per heavy atom. The van der Waals surface area contributed by atoms with Crippen molar-refractivity contribution >= 4 is 32.3 Å². The lowest BCUT2D eigenvalue weighted by Crippen LogP contribution is -2.31. The molecule has 6 rings (SSSR count). The zero-order valence-electron chi connectivity index (χ0n) is 19.6. The first kappa shape index (κ1) is 21.3. The molecule has 0 amide bonds. The number of hydrogen-bond donors (Lipinski definition) is 0. The molecular weight excluding hydrogens is 440 g/mol. The second-order valence-corrected chi connectivity index (χ2v) is 9.91. The predicted octanol–water partition coefficient (Wildman–Crippen LogP) is 6.48. The Labute approximate surface area is 204 Å². The molecule has 5 aromatic rings. The standard InChI is InChI=1S/C29H28N2O2S/c1-32-27-14-21-10-12-30(17-23(21)15-28(27)33-2)19-24-16-29-26(11-13-34-29)31(24)18-22-8-5-7-20-6-3-4-9-25(20)22/h3-9,11,13-16H,10,12,17-19H2,1-2H3. The summed E-state index contributed by atoms with van der Waals surface area (Å²) in [4.78, 5) is 2.55. The molecule has 0 spiro atoms. The lowest BCUT2D eigenvalue weighted by atomic mass is 9.98. The van der Waals surface area contributed by atoms with Crippen molar-refractivity contribution in [2.24, 2.45) is 0 Å². The van der Waals surface area contributed by atoms with Crippen molar-refractivity contribution in [3.63, 3.8) is 0 Å². The zero-order valence-corrected chi connectivity index (χ0v) is 20.4. The van der Waals surface area contributed by atoms with E-state index in [2.05, 4.69) is 81.6 Å². The highest BCUT2D eigenvalue weighted by Gasteiger charge is 2.21. The molecule has 0 fully saturated rings. The highest BCUT2D eigenvalue weighted by molar-refractivity contribution is 7.17. The molecule has 1 aliphatic rings. The minimum atomic E-state index is 0.808. The van der Waals surface area contributed by atoms with Crippen LogP contribution < -0.4 is 9.47 Å². The predicted molar refractivity (Wildman–Crippen MR) is 140 cm³/mol. The molecule has 172 valence electrons. The maximum atomic E-state index is 5.56. The Balaban J connectivity index is 1.32. The molecule has 0 atom stereocenters. The van der Waals surface area contributed by atoms with Crippen molar-refractivity contribution < 1.29 is 9.47 Å². The number of thiophene rings is 1. The Morgan fingerprint density at radius 3 is 2.50 bits per heavy atom. The van der Waals surface area contributed by atoms with E-state index < -0.39 is 0 Å². The molecular formula is C29H28N2O2S. The Hall–Kier alpha value is -3.28. The Morgan fingerprint density at radius 1 is 0.853 bits per heavy atom. The molecule has 0 bridgehead atoms. The van der Waals surface area contributed by atoms with E-state index >= 15 is 0 Å². The van der Waals surface area contributed by atoms with E-state index in [4.69, 9.17) is 9.47 Å². The van der Waals surface area contributed by atoms with Crippen molar-refractivity contribution in [3.05, 3.63) is 94.5 Å². The van der Waals surface area contributed by atoms with Crippen LogP contribution in [0.4, 0.5) is 0 Å². The highest BCUT2D eigenvalue weighted by atomic mass is 32.1. The van der Waals surface area contributed by atoms with E-state index in [1.807, 2.05) is 11.3 Å². The first-order valence-corrected chi connectivity index (χ1v) is 12.6. The van der Waals surface area contributed by atoms with Crippen LogP contribution in [0.15, 0.2) is 72.1 Å².